The lowest BCUT2D eigenvalue weighted by Crippen LogP contribution is -2.10. The average Bonchev–Trinajstić information content (AvgIpc) is 3.28. The van der Waals surface area contributed by atoms with E-state index in [-0.39, 0.29) is 73.6 Å². The average molecular weight is 995 g/mol. The Hall–Kier alpha value is -5.85. The van der Waals surface area contributed by atoms with Crippen molar-refractivity contribution in [1.29, 1.82) is 0 Å². The van der Waals surface area contributed by atoms with E-state index in [1.165, 1.54) is 54.6 Å². The van der Waals surface area contributed by atoms with Gasteiger partial charge >= 0.3 is 0 Å². The van der Waals surface area contributed by atoms with Crippen LogP contribution in [0, 0.1) is 10.1 Å². The van der Waals surface area contributed by atoms with E-state index < -0.39 is 52.7 Å². The van der Waals surface area contributed by atoms with Crippen molar-refractivity contribution in [2.75, 3.05) is 18.1 Å². The fourth-order valence-electron chi connectivity index (χ4n) is 5.61. The molecule has 0 spiro atoms. The molecule has 65 heavy (non-hydrogen) atoms. The number of benzene rings is 6. The molecule has 0 atom stereocenters. The SMILES string of the molecule is Nc1c(/N=N/c2ccc([N+](=O)[O-])cc2)c(S(=O)(=O)O)cc2cc(SOOO)c(/N=N/c3ccc(/N=N/c4ccc(S(=O)(=O)CCOSOOO)cc4)c4ccc(SOOO)cc34)c(O)c12. The van der Waals surface area contributed by atoms with Crippen molar-refractivity contribution in [3.8, 4) is 5.75 Å². The number of nitro benzene ring substituents is 1. The van der Waals surface area contributed by atoms with E-state index in [9.17, 15) is 36.6 Å². The Bertz CT molecular complexity index is 3040. The van der Waals surface area contributed by atoms with Crippen LogP contribution in [0.2, 0.25) is 0 Å². The van der Waals surface area contributed by atoms with Crippen LogP contribution in [0.1, 0.15) is 0 Å². The van der Waals surface area contributed by atoms with Gasteiger partial charge in [0, 0.05) is 27.8 Å². The number of nitrogens with two attached hydrogens (primary N) is 1. The van der Waals surface area contributed by atoms with Crippen LogP contribution in [-0.2, 0) is 52.3 Å². The number of phenols is 1. The van der Waals surface area contributed by atoms with E-state index in [2.05, 4.69) is 58.8 Å². The Kier molecular flexibility index (Phi) is 16.4. The molecular formula is C34H26N8O18S5. The molecule has 7 N–H and O–H groups in total. The van der Waals surface area contributed by atoms with Crippen LogP contribution in [0.25, 0.3) is 21.5 Å². The maximum Gasteiger partial charge on any atom is 0.296 e. The molecule has 0 amide bonds. The minimum Gasteiger partial charge on any atom is -0.505 e. The summed E-state index contributed by atoms with van der Waals surface area (Å²) < 4.78 is 78.6. The second kappa shape index (κ2) is 21.9. The molecule has 0 aliphatic rings. The Morgan fingerprint density at radius 2 is 1.29 bits per heavy atom. The zero-order valence-electron chi connectivity index (χ0n) is 31.9. The van der Waals surface area contributed by atoms with Crippen molar-refractivity contribution in [1.82, 2.24) is 0 Å². The maximum absolute atomic E-state index is 12.7. The predicted octanol–water partition coefficient (Wildman–Crippen LogP) is 10.3. The van der Waals surface area contributed by atoms with E-state index in [1.54, 1.807) is 18.2 Å². The first-order valence-corrected chi connectivity index (χ1v) is 22.4. The number of sulfone groups is 1. The van der Waals surface area contributed by atoms with E-state index in [4.69, 9.17) is 25.7 Å². The Morgan fingerprint density at radius 3 is 1.94 bits per heavy atom. The van der Waals surface area contributed by atoms with Crippen molar-refractivity contribution in [3.05, 3.63) is 101 Å². The van der Waals surface area contributed by atoms with Crippen LogP contribution in [-0.4, -0.2) is 59.5 Å². The van der Waals surface area contributed by atoms with E-state index in [0.717, 1.165) is 18.2 Å². The summed E-state index contributed by atoms with van der Waals surface area (Å²) in [5.41, 5.74) is 5.33. The van der Waals surface area contributed by atoms with Crippen molar-refractivity contribution in [2.45, 2.75) is 19.6 Å². The summed E-state index contributed by atoms with van der Waals surface area (Å²) in [5, 5.41) is 84.6. The van der Waals surface area contributed by atoms with Gasteiger partial charge in [-0.15, -0.1) is 33.5 Å². The second-order valence-corrected chi connectivity index (χ2v) is 17.8. The molecule has 0 aliphatic heterocycles. The van der Waals surface area contributed by atoms with Gasteiger partial charge in [-0.25, -0.2) is 24.2 Å². The molecule has 0 unspecified atom stereocenters. The number of hydrogen-bond donors (Lipinski definition) is 6. The lowest BCUT2D eigenvalue weighted by atomic mass is 10.0. The highest BCUT2D eigenvalue weighted by Gasteiger charge is 2.26. The first kappa shape index (κ1) is 48.6. The molecule has 0 heterocycles. The lowest BCUT2D eigenvalue weighted by molar-refractivity contribution is -0.434. The summed E-state index contributed by atoms with van der Waals surface area (Å²) in [5.74, 6) is -1.14. The van der Waals surface area contributed by atoms with Crippen molar-refractivity contribution < 1.29 is 79.5 Å². The Labute approximate surface area is 376 Å². The molecule has 0 radical (unpaired) electrons. The fraction of sp³-hybridized carbons (Fsp3) is 0.0588. The summed E-state index contributed by atoms with van der Waals surface area (Å²) >= 11 is 1.16. The largest absolute Gasteiger partial charge is 0.505 e. The molecule has 6 rings (SSSR count). The van der Waals surface area contributed by atoms with Gasteiger partial charge in [-0.3, -0.25) is 18.9 Å². The molecule has 31 heteroatoms. The fourth-order valence-corrected chi connectivity index (χ4v) is 8.59. The molecule has 0 saturated heterocycles. The van der Waals surface area contributed by atoms with Gasteiger partial charge in [-0.2, -0.15) is 18.6 Å². The number of aromatic hydroxyl groups is 1. The maximum atomic E-state index is 12.7. The summed E-state index contributed by atoms with van der Waals surface area (Å²) in [6.07, 6.45) is 0. The van der Waals surface area contributed by atoms with E-state index in [1.807, 2.05) is 0 Å². The molecule has 6 aromatic carbocycles. The van der Waals surface area contributed by atoms with Crippen LogP contribution in [0.3, 0.4) is 0 Å². The van der Waals surface area contributed by atoms with Gasteiger partial charge in [-0.1, -0.05) is 21.2 Å². The molecular weight excluding hydrogens is 969 g/mol. The minimum atomic E-state index is -5.07. The smallest absolute Gasteiger partial charge is 0.296 e. The van der Waals surface area contributed by atoms with E-state index in [0.29, 0.717) is 39.8 Å². The van der Waals surface area contributed by atoms with Gasteiger partial charge in [0.05, 0.1) is 85.0 Å². The number of non-ortho nitro benzene ring substituents is 1. The van der Waals surface area contributed by atoms with Crippen LogP contribution in [0.4, 0.5) is 45.5 Å². The number of nitrogen functional groups attached to an aromatic ring is 1. The molecule has 26 nitrogen and oxygen atoms in total. The first-order valence-electron chi connectivity index (χ1n) is 17.2. The number of nitrogens with zero attached hydrogens (tertiary/aromatic N) is 7. The zero-order chi connectivity index (χ0) is 46.7. The Morgan fingerprint density at radius 1 is 0.692 bits per heavy atom. The highest BCUT2D eigenvalue weighted by atomic mass is 32.2. The van der Waals surface area contributed by atoms with Gasteiger partial charge in [0.25, 0.3) is 15.8 Å². The topological polar surface area (TPSA) is 377 Å². The summed E-state index contributed by atoms with van der Waals surface area (Å²) in [6.45, 7) is -0.283. The van der Waals surface area contributed by atoms with Crippen LogP contribution in [0.5, 0.6) is 5.75 Å². The van der Waals surface area contributed by atoms with Crippen LogP contribution < -0.4 is 5.73 Å². The monoisotopic (exact) mass is 994 g/mol. The molecule has 0 bridgehead atoms. The number of anilines is 1. The number of phenolic OH excluding ortho intramolecular Hbond substituents is 1. The third-order valence-corrected chi connectivity index (χ3v) is 12.6. The number of fused-ring (bicyclic) bond motifs is 2. The number of nitro groups is 1. The zero-order valence-corrected chi connectivity index (χ0v) is 35.9. The van der Waals surface area contributed by atoms with Gasteiger partial charge in [0.1, 0.15) is 16.3 Å². The highest BCUT2D eigenvalue weighted by Crippen LogP contribution is 2.50. The molecule has 0 saturated carbocycles. The number of azo groups is 3. The normalized spacial score (nSPS) is 12.4. The molecule has 340 valence electrons. The molecule has 0 aliphatic carbocycles. The first-order chi connectivity index (χ1) is 31.1. The molecule has 0 fully saturated rings. The molecule has 6 aromatic rings. The third kappa shape index (κ3) is 12.1. The number of rotatable bonds is 21. The van der Waals surface area contributed by atoms with Crippen molar-refractivity contribution in [2.24, 2.45) is 30.7 Å². The standard InChI is InChI=1S/C34H26N8O18S5/c35-31-30-18(16-29(65(51,52)53)33(31)41-37-19-1-5-21(6-2-19)42(44)45)15-28(62-59-56-47)32(34(30)43)40-39-27-12-11-26(24-10-7-22(17-25(24)27)61-58-55-46)38-36-20-3-8-23(9-4-20)64(49,50)14-13-54-63-60-57-48/h1-12,15-17,43,46-48H,13-14,35H2,(H,51,52,53)/b38-36+,40-39+,41-37+. The molecule has 0 aromatic heterocycles. The van der Waals surface area contributed by atoms with Crippen LogP contribution >= 0.6 is 36.4 Å². The quantitative estimate of drug-likeness (QED) is 0.00570. The predicted molar refractivity (Wildman–Crippen MR) is 228 cm³/mol. The van der Waals surface area contributed by atoms with Crippen LogP contribution in [0.15, 0.2) is 141 Å². The van der Waals surface area contributed by atoms with Gasteiger partial charge in [-0.05, 0) is 78.2 Å². The second-order valence-electron chi connectivity index (χ2n) is 12.3. The van der Waals surface area contributed by atoms with Crippen molar-refractivity contribution >= 4 is 123 Å². The minimum absolute atomic E-state index is 0.0316. The summed E-state index contributed by atoms with van der Waals surface area (Å²) in [4.78, 5) is 9.79. The highest BCUT2D eigenvalue weighted by molar-refractivity contribution is 7.95. The van der Waals surface area contributed by atoms with E-state index >= 15 is 0 Å². The van der Waals surface area contributed by atoms with Gasteiger partial charge in [0.15, 0.2) is 27.9 Å². The van der Waals surface area contributed by atoms with Crippen molar-refractivity contribution in [3.63, 3.8) is 0 Å². The summed E-state index contributed by atoms with van der Waals surface area (Å²) in [6, 6.07) is 20.0. The number of hydrogen-bond acceptors (Lipinski definition) is 27. The van der Waals surface area contributed by atoms with Gasteiger partial charge in [0.2, 0.25) is 0 Å². The van der Waals surface area contributed by atoms with Gasteiger partial charge < -0.3 is 10.8 Å². The summed E-state index contributed by atoms with van der Waals surface area (Å²) in [7, 11) is -8.85. The Balaban J connectivity index is 1.40. The lowest BCUT2D eigenvalue weighted by Gasteiger charge is -2.14. The third-order valence-electron chi connectivity index (χ3n) is 8.44.